The molecule has 0 unspecified atom stereocenters. The van der Waals surface area contributed by atoms with Crippen LogP contribution in [0.4, 0.5) is 17.6 Å². The van der Waals surface area contributed by atoms with Crippen molar-refractivity contribution in [3.8, 4) is 0 Å². The van der Waals surface area contributed by atoms with Gasteiger partial charge in [0, 0.05) is 5.56 Å². The molecule has 0 aliphatic carbocycles. The van der Waals surface area contributed by atoms with E-state index in [4.69, 9.17) is 23.2 Å². The maximum absolute atomic E-state index is 12.8. The first-order chi connectivity index (χ1) is 6.00. The van der Waals surface area contributed by atoms with Crippen LogP contribution in [0.15, 0.2) is 0 Å². The Balaban J connectivity index is 3.56. The minimum atomic E-state index is -1.61. The Kier molecular flexibility index (Phi) is 3.03. The molecule has 0 N–H and O–H groups in total. The minimum Gasteiger partial charge on any atom is -0.246 e. The van der Waals surface area contributed by atoms with E-state index in [9.17, 15) is 17.6 Å². The molecule has 72 valence electrons. The first kappa shape index (κ1) is 10.6. The second-order valence-corrected chi connectivity index (χ2v) is 2.94. The Morgan fingerprint density at radius 3 is 1.77 bits per heavy atom. The summed E-state index contributed by atoms with van der Waals surface area (Å²) in [7, 11) is 0. The molecule has 0 aromatic heterocycles. The van der Waals surface area contributed by atoms with Crippen molar-refractivity contribution in [2.45, 2.75) is 6.67 Å². The van der Waals surface area contributed by atoms with Gasteiger partial charge in [-0.15, -0.1) is 0 Å². The molecular formula is C7H2Cl2F4. The van der Waals surface area contributed by atoms with Crippen molar-refractivity contribution < 1.29 is 17.6 Å². The summed E-state index contributed by atoms with van der Waals surface area (Å²) in [5.74, 6) is -4.52. The molecule has 0 aliphatic rings. The van der Waals surface area contributed by atoms with E-state index in [-0.39, 0.29) is 0 Å². The molecule has 13 heavy (non-hydrogen) atoms. The highest BCUT2D eigenvalue weighted by atomic mass is 35.5. The van der Waals surface area contributed by atoms with Crippen molar-refractivity contribution in [2.75, 3.05) is 0 Å². The van der Waals surface area contributed by atoms with Crippen LogP contribution in [-0.4, -0.2) is 0 Å². The standard InChI is InChI=1S/C7H2Cl2F4/c8-3-2(1-10)5(11)4(9)7(13)6(3)12/h1H2. The predicted molar refractivity (Wildman–Crippen MR) is 41.1 cm³/mol. The topological polar surface area (TPSA) is 0 Å². The van der Waals surface area contributed by atoms with Gasteiger partial charge < -0.3 is 0 Å². The number of benzene rings is 1. The Hall–Kier alpha value is -0.480. The highest BCUT2D eigenvalue weighted by Gasteiger charge is 2.22. The van der Waals surface area contributed by atoms with Gasteiger partial charge in [0.2, 0.25) is 0 Å². The zero-order valence-corrected chi connectivity index (χ0v) is 7.49. The van der Waals surface area contributed by atoms with Crippen LogP contribution in [0.3, 0.4) is 0 Å². The van der Waals surface area contributed by atoms with Gasteiger partial charge in [-0.05, 0) is 0 Å². The quantitative estimate of drug-likeness (QED) is 0.392. The van der Waals surface area contributed by atoms with Gasteiger partial charge in [0.05, 0.1) is 5.02 Å². The van der Waals surface area contributed by atoms with Crippen molar-refractivity contribution in [3.05, 3.63) is 33.1 Å². The smallest absolute Gasteiger partial charge is 0.181 e. The highest BCUT2D eigenvalue weighted by Crippen LogP contribution is 2.32. The lowest BCUT2D eigenvalue weighted by molar-refractivity contribution is 0.446. The molecule has 0 amide bonds. The second kappa shape index (κ2) is 3.72. The van der Waals surface area contributed by atoms with Crippen molar-refractivity contribution in [2.24, 2.45) is 0 Å². The van der Waals surface area contributed by atoms with Gasteiger partial charge in [0.25, 0.3) is 0 Å². The molecule has 0 spiro atoms. The summed E-state index contributed by atoms with van der Waals surface area (Å²) >= 11 is 10.1. The molecule has 0 fully saturated rings. The van der Waals surface area contributed by atoms with Crippen LogP contribution in [0.25, 0.3) is 0 Å². The third-order valence-electron chi connectivity index (χ3n) is 1.43. The highest BCUT2D eigenvalue weighted by molar-refractivity contribution is 6.33. The summed E-state index contributed by atoms with van der Waals surface area (Å²) in [5.41, 5.74) is -0.773. The van der Waals surface area contributed by atoms with Crippen LogP contribution in [0.5, 0.6) is 0 Å². The monoisotopic (exact) mass is 232 g/mol. The minimum absolute atomic E-state index is 0.773. The van der Waals surface area contributed by atoms with Crippen LogP contribution in [-0.2, 0) is 6.67 Å². The van der Waals surface area contributed by atoms with Crippen LogP contribution >= 0.6 is 23.2 Å². The number of halogens is 6. The molecule has 0 bridgehead atoms. The van der Waals surface area contributed by atoms with E-state index < -0.39 is 39.7 Å². The molecular weight excluding hydrogens is 231 g/mol. The zero-order chi connectivity index (χ0) is 10.2. The number of hydrogen-bond acceptors (Lipinski definition) is 0. The summed E-state index contributed by atoms with van der Waals surface area (Å²) < 4.78 is 50.2. The van der Waals surface area contributed by atoms with Gasteiger partial charge in [-0.25, -0.2) is 17.6 Å². The van der Waals surface area contributed by atoms with Gasteiger partial charge >= 0.3 is 0 Å². The van der Waals surface area contributed by atoms with E-state index in [1.54, 1.807) is 0 Å². The molecule has 6 heteroatoms. The van der Waals surface area contributed by atoms with Gasteiger partial charge in [0.1, 0.15) is 11.7 Å². The third kappa shape index (κ3) is 1.60. The molecule has 1 aromatic rings. The Bertz CT molecular complexity index is 322. The van der Waals surface area contributed by atoms with Crippen LogP contribution in [0.1, 0.15) is 5.56 Å². The number of alkyl halides is 1. The molecule has 0 saturated heterocycles. The summed E-state index contributed by atoms with van der Waals surface area (Å²) in [6.45, 7) is -1.35. The normalized spacial score (nSPS) is 10.6. The molecule has 0 nitrogen and oxygen atoms in total. The zero-order valence-electron chi connectivity index (χ0n) is 5.97. The van der Waals surface area contributed by atoms with E-state index in [0.717, 1.165) is 0 Å². The van der Waals surface area contributed by atoms with E-state index >= 15 is 0 Å². The summed E-state index contributed by atoms with van der Waals surface area (Å²) in [4.78, 5) is 0. The molecule has 1 rings (SSSR count). The van der Waals surface area contributed by atoms with Crippen LogP contribution < -0.4 is 0 Å². The molecule has 0 heterocycles. The first-order valence-corrected chi connectivity index (χ1v) is 3.82. The average Bonchev–Trinajstić information content (AvgIpc) is 2.13. The van der Waals surface area contributed by atoms with E-state index in [1.807, 2.05) is 0 Å². The lowest BCUT2D eigenvalue weighted by Crippen LogP contribution is -1.98. The van der Waals surface area contributed by atoms with Crippen molar-refractivity contribution >= 4 is 23.2 Å². The Labute approximate surface area is 81.1 Å². The largest absolute Gasteiger partial charge is 0.246 e. The summed E-state index contributed by atoms with van der Waals surface area (Å²) in [6.07, 6.45) is 0. The molecule has 0 radical (unpaired) electrons. The SMILES string of the molecule is FCc1c(F)c(Cl)c(F)c(F)c1Cl. The summed E-state index contributed by atoms with van der Waals surface area (Å²) in [6, 6.07) is 0. The average molecular weight is 233 g/mol. The van der Waals surface area contributed by atoms with E-state index in [1.165, 1.54) is 0 Å². The van der Waals surface area contributed by atoms with Gasteiger partial charge in [-0.2, -0.15) is 0 Å². The lowest BCUT2D eigenvalue weighted by atomic mass is 10.2. The fourth-order valence-corrected chi connectivity index (χ4v) is 1.18. The van der Waals surface area contributed by atoms with Gasteiger partial charge in [-0.3, -0.25) is 0 Å². The van der Waals surface area contributed by atoms with Crippen LogP contribution in [0, 0.1) is 17.5 Å². The molecule has 0 aliphatic heterocycles. The maximum Gasteiger partial charge on any atom is 0.181 e. The Morgan fingerprint density at radius 2 is 1.31 bits per heavy atom. The van der Waals surface area contributed by atoms with E-state index in [0.29, 0.717) is 0 Å². The number of hydrogen-bond donors (Lipinski definition) is 0. The maximum atomic E-state index is 12.8. The van der Waals surface area contributed by atoms with E-state index in [2.05, 4.69) is 0 Å². The fourth-order valence-electron chi connectivity index (χ4n) is 0.768. The third-order valence-corrected chi connectivity index (χ3v) is 2.16. The fraction of sp³-hybridized carbons (Fsp3) is 0.143. The predicted octanol–water partition coefficient (Wildman–Crippen LogP) is 3.88. The van der Waals surface area contributed by atoms with Crippen molar-refractivity contribution in [1.29, 1.82) is 0 Å². The lowest BCUT2D eigenvalue weighted by Gasteiger charge is -2.05. The number of rotatable bonds is 1. The second-order valence-electron chi connectivity index (χ2n) is 2.18. The molecule has 0 atom stereocenters. The van der Waals surface area contributed by atoms with Crippen molar-refractivity contribution in [1.82, 2.24) is 0 Å². The van der Waals surface area contributed by atoms with Gasteiger partial charge in [-0.1, -0.05) is 23.2 Å². The molecule has 0 saturated carbocycles. The van der Waals surface area contributed by atoms with Crippen LogP contribution in [0.2, 0.25) is 10.0 Å². The summed E-state index contributed by atoms with van der Waals surface area (Å²) in [5, 5.41) is -2.00. The first-order valence-electron chi connectivity index (χ1n) is 3.07. The van der Waals surface area contributed by atoms with Gasteiger partial charge in [0.15, 0.2) is 17.5 Å². The van der Waals surface area contributed by atoms with Crippen molar-refractivity contribution in [3.63, 3.8) is 0 Å². The Morgan fingerprint density at radius 1 is 0.846 bits per heavy atom. The molecule has 1 aromatic carbocycles.